The van der Waals surface area contributed by atoms with Crippen molar-refractivity contribution in [2.45, 2.75) is 6.54 Å². The first-order valence-corrected chi connectivity index (χ1v) is 8.69. The SMILES string of the molecule is CN(Cc1cc(Br)cn1C)C(=O)Nc1nc2ccsc2s1. The van der Waals surface area contributed by atoms with Gasteiger partial charge in [-0.2, -0.15) is 0 Å². The summed E-state index contributed by atoms with van der Waals surface area (Å²) in [6, 6.07) is 3.80. The highest BCUT2D eigenvalue weighted by Gasteiger charge is 2.14. The summed E-state index contributed by atoms with van der Waals surface area (Å²) in [5.74, 6) is 0. The number of amides is 2. The summed E-state index contributed by atoms with van der Waals surface area (Å²) in [6.07, 6.45) is 1.97. The van der Waals surface area contributed by atoms with E-state index in [0.29, 0.717) is 11.7 Å². The number of aromatic nitrogens is 2. The van der Waals surface area contributed by atoms with Gasteiger partial charge in [0.2, 0.25) is 0 Å². The van der Waals surface area contributed by atoms with Gasteiger partial charge in [0.15, 0.2) is 5.13 Å². The van der Waals surface area contributed by atoms with E-state index in [1.165, 1.54) is 11.3 Å². The number of fused-ring (bicyclic) bond motifs is 1. The summed E-state index contributed by atoms with van der Waals surface area (Å²) in [7, 11) is 3.73. The van der Waals surface area contributed by atoms with Gasteiger partial charge in [-0.05, 0) is 33.4 Å². The van der Waals surface area contributed by atoms with E-state index in [4.69, 9.17) is 0 Å². The van der Waals surface area contributed by atoms with Crippen LogP contribution in [0.1, 0.15) is 5.69 Å². The molecule has 0 aromatic carbocycles. The first-order chi connectivity index (χ1) is 10.0. The molecule has 1 N–H and O–H groups in total. The fourth-order valence-corrected chi connectivity index (χ4v) is 4.34. The number of rotatable bonds is 3. The Hall–Kier alpha value is -1.38. The second-order valence-corrected chi connectivity index (χ2v) is 7.75. The van der Waals surface area contributed by atoms with Crippen LogP contribution in [0.25, 0.3) is 9.53 Å². The fraction of sp³-hybridized carbons (Fsp3) is 0.231. The maximum absolute atomic E-state index is 12.2. The third-order valence-corrected chi connectivity index (χ3v) is 5.50. The maximum Gasteiger partial charge on any atom is 0.323 e. The van der Waals surface area contributed by atoms with Crippen molar-refractivity contribution < 1.29 is 4.79 Å². The molecule has 0 saturated carbocycles. The summed E-state index contributed by atoms with van der Waals surface area (Å²) < 4.78 is 4.13. The average Bonchev–Trinajstić information content (AvgIpc) is 3.05. The molecule has 0 aliphatic rings. The molecule has 5 nitrogen and oxygen atoms in total. The van der Waals surface area contributed by atoms with E-state index in [1.807, 2.05) is 35.3 Å². The molecule has 0 unspecified atom stereocenters. The number of aryl methyl sites for hydroxylation is 1. The van der Waals surface area contributed by atoms with E-state index in [-0.39, 0.29) is 6.03 Å². The first kappa shape index (κ1) is 14.6. The van der Waals surface area contributed by atoms with Crippen LogP contribution in [0.3, 0.4) is 0 Å². The number of nitrogens with one attached hydrogen (secondary N) is 1. The average molecular weight is 385 g/mol. The molecule has 3 heterocycles. The highest BCUT2D eigenvalue weighted by atomic mass is 79.9. The van der Waals surface area contributed by atoms with Crippen LogP contribution >= 0.6 is 38.6 Å². The van der Waals surface area contributed by atoms with Gasteiger partial charge in [0.1, 0.15) is 4.01 Å². The number of hydrogen-bond donors (Lipinski definition) is 1. The minimum atomic E-state index is -0.159. The van der Waals surface area contributed by atoms with Crippen molar-refractivity contribution in [3.8, 4) is 0 Å². The molecule has 0 aliphatic carbocycles. The van der Waals surface area contributed by atoms with Crippen LogP contribution in [0.4, 0.5) is 9.93 Å². The smallest absolute Gasteiger partial charge is 0.323 e. The largest absolute Gasteiger partial charge is 0.352 e. The van der Waals surface area contributed by atoms with Crippen LogP contribution in [0, 0.1) is 0 Å². The highest BCUT2D eigenvalue weighted by Crippen LogP contribution is 2.30. The van der Waals surface area contributed by atoms with Crippen LogP contribution in [0.15, 0.2) is 28.2 Å². The van der Waals surface area contributed by atoms with E-state index in [1.54, 1.807) is 23.3 Å². The van der Waals surface area contributed by atoms with Crippen molar-refractivity contribution in [2.24, 2.45) is 7.05 Å². The van der Waals surface area contributed by atoms with Gasteiger partial charge in [0.25, 0.3) is 0 Å². The molecule has 0 radical (unpaired) electrons. The first-order valence-electron chi connectivity index (χ1n) is 6.20. The number of thiazole rings is 1. The molecule has 3 aromatic heterocycles. The molecule has 0 atom stereocenters. The Morgan fingerprint density at radius 2 is 2.38 bits per heavy atom. The van der Waals surface area contributed by atoms with E-state index < -0.39 is 0 Å². The van der Waals surface area contributed by atoms with E-state index in [0.717, 1.165) is 19.7 Å². The van der Waals surface area contributed by atoms with Crippen molar-refractivity contribution in [3.63, 3.8) is 0 Å². The zero-order valence-corrected chi connectivity index (χ0v) is 14.7. The third-order valence-electron chi connectivity index (χ3n) is 3.06. The Labute approximate surface area is 138 Å². The quantitative estimate of drug-likeness (QED) is 0.737. The lowest BCUT2D eigenvalue weighted by molar-refractivity contribution is 0.220. The van der Waals surface area contributed by atoms with Gasteiger partial charge in [0.05, 0.1) is 12.1 Å². The molecule has 2 amide bonds. The summed E-state index contributed by atoms with van der Waals surface area (Å²) >= 11 is 6.56. The van der Waals surface area contributed by atoms with Crippen molar-refractivity contribution in [2.75, 3.05) is 12.4 Å². The molecule has 8 heteroatoms. The molecule has 21 heavy (non-hydrogen) atoms. The van der Waals surface area contributed by atoms with Gasteiger partial charge in [-0.1, -0.05) is 11.3 Å². The molecule has 0 bridgehead atoms. The van der Waals surface area contributed by atoms with Gasteiger partial charge in [-0.15, -0.1) is 11.3 Å². The fourth-order valence-electron chi connectivity index (χ4n) is 1.95. The monoisotopic (exact) mass is 384 g/mol. The molecule has 0 fully saturated rings. The van der Waals surface area contributed by atoms with Crippen LogP contribution < -0.4 is 5.32 Å². The Kier molecular flexibility index (Phi) is 4.01. The topological polar surface area (TPSA) is 50.2 Å². The molecule has 0 spiro atoms. The van der Waals surface area contributed by atoms with E-state index >= 15 is 0 Å². The van der Waals surface area contributed by atoms with Crippen LogP contribution in [-0.2, 0) is 13.6 Å². The number of urea groups is 1. The molecule has 3 rings (SSSR count). The molecule has 0 aliphatic heterocycles. The number of nitrogens with zero attached hydrogens (tertiary/aromatic N) is 3. The van der Waals surface area contributed by atoms with Crippen molar-refractivity contribution in [3.05, 3.63) is 33.9 Å². The van der Waals surface area contributed by atoms with Crippen molar-refractivity contribution >= 4 is 59.3 Å². The molecule has 0 saturated heterocycles. The van der Waals surface area contributed by atoms with Gasteiger partial charge in [0, 0.05) is 30.5 Å². The summed E-state index contributed by atoms with van der Waals surface area (Å²) in [5.41, 5.74) is 1.99. The number of carbonyl (C=O) groups is 1. The summed E-state index contributed by atoms with van der Waals surface area (Å²) in [4.78, 5) is 18.2. The van der Waals surface area contributed by atoms with Crippen LogP contribution in [0.5, 0.6) is 0 Å². The van der Waals surface area contributed by atoms with Crippen LogP contribution in [-0.4, -0.2) is 27.5 Å². The number of halogens is 1. The minimum absolute atomic E-state index is 0.159. The predicted molar refractivity (Wildman–Crippen MR) is 91.1 cm³/mol. The second-order valence-electron chi connectivity index (χ2n) is 4.66. The Morgan fingerprint density at radius 3 is 3.05 bits per heavy atom. The number of anilines is 1. The molecule has 3 aromatic rings. The molecule has 110 valence electrons. The molecular formula is C13H13BrN4OS2. The summed E-state index contributed by atoms with van der Waals surface area (Å²) in [5, 5.41) is 5.48. The number of carbonyl (C=O) groups excluding carboxylic acids is 1. The summed E-state index contributed by atoms with van der Waals surface area (Å²) in [6.45, 7) is 0.535. The normalized spacial score (nSPS) is 11.0. The third kappa shape index (κ3) is 3.12. The minimum Gasteiger partial charge on any atom is -0.352 e. The highest BCUT2D eigenvalue weighted by molar-refractivity contribution is 9.10. The number of hydrogen-bond acceptors (Lipinski definition) is 4. The van der Waals surface area contributed by atoms with E-state index in [9.17, 15) is 4.79 Å². The van der Waals surface area contributed by atoms with Crippen molar-refractivity contribution in [1.82, 2.24) is 14.5 Å². The Bertz CT molecular complexity index is 763. The molecular weight excluding hydrogens is 372 g/mol. The van der Waals surface area contributed by atoms with Gasteiger partial charge in [-0.25, -0.2) is 9.78 Å². The van der Waals surface area contributed by atoms with Crippen molar-refractivity contribution in [1.29, 1.82) is 0 Å². The Balaban J connectivity index is 1.67. The zero-order chi connectivity index (χ0) is 15.0. The lowest BCUT2D eigenvalue weighted by atomic mass is 10.4. The zero-order valence-electron chi connectivity index (χ0n) is 11.5. The standard InChI is InChI=1S/C13H13BrN4OS2/c1-17-6-8(14)5-9(17)7-18(2)13(19)16-12-15-10-3-4-20-11(10)21-12/h3-6H,7H2,1-2H3,(H,15,16,19). The van der Waals surface area contributed by atoms with Gasteiger partial charge < -0.3 is 9.47 Å². The Morgan fingerprint density at radius 1 is 1.57 bits per heavy atom. The second kappa shape index (κ2) is 5.78. The lowest BCUT2D eigenvalue weighted by Gasteiger charge is -2.17. The predicted octanol–water partition coefficient (Wildman–Crippen LogP) is 4.12. The van der Waals surface area contributed by atoms with Crippen LogP contribution in [0.2, 0.25) is 0 Å². The number of thiophene rings is 1. The maximum atomic E-state index is 12.2. The van der Waals surface area contributed by atoms with Gasteiger partial charge in [-0.3, -0.25) is 5.32 Å². The van der Waals surface area contributed by atoms with E-state index in [2.05, 4.69) is 26.2 Å². The van der Waals surface area contributed by atoms with Gasteiger partial charge >= 0.3 is 6.03 Å². The lowest BCUT2D eigenvalue weighted by Crippen LogP contribution is -2.31.